The second-order valence-corrected chi connectivity index (χ2v) is 5.58. The van der Waals surface area contributed by atoms with Gasteiger partial charge >= 0.3 is 0 Å². The summed E-state index contributed by atoms with van der Waals surface area (Å²) in [4.78, 5) is 8.68. The molecule has 1 aromatic heterocycles. The SMILES string of the molecule is Cc1cnc(CN2CCN(c3ccccc3F)C[C@H]2C)o1. The van der Waals surface area contributed by atoms with E-state index in [0.29, 0.717) is 18.3 Å². The highest BCUT2D eigenvalue weighted by molar-refractivity contribution is 5.48. The fraction of sp³-hybridized carbons (Fsp3) is 0.438. The first kappa shape index (κ1) is 14.1. The topological polar surface area (TPSA) is 32.5 Å². The number of aromatic nitrogens is 1. The molecule has 21 heavy (non-hydrogen) atoms. The van der Waals surface area contributed by atoms with Crippen LogP contribution in [0.1, 0.15) is 18.6 Å². The number of oxazole rings is 1. The molecule has 0 unspecified atom stereocenters. The molecule has 1 atom stereocenters. The maximum atomic E-state index is 13.9. The van der Waals surface area contributed by atoms with Crippen molar-refractivity contribution >= 4 is 5.69 Å². The third kappa shape index (κ3) is 3.08. The molecule has 0 saturated carbocycles. The second-order valence-electron chi connectivity index (χ2n) is 5.58. The first-order valence-corrected chi connectivity index (χ1v) is 7.28. The van der Waals surface area contributed by atoms with E-state index in [0.717, 1.165) is 31.3 Å². The van der Waals surface area contributed by atoms with E-state index in [4.69, 9.17) is 4.42 Å². The normalized spacial score (nSPS) is 20.0. The van der Waals surface area contributed by atoms with Gasteiger partial charge in [-0.2, -0.15) is 0 Å². The summed E-state index contributed by atoms with van der Waals surface area (Å²) in [6.07, 6.45) is 1.75. The molecule has 1 aliphatic rings. The molecule has 0 spiro atoms. The lowest BCUT2D eigenvalue weighted by atomic mass is 10.1. The Balaban J connectivity index is 1.65. The van der Waals surface area contributed by atoms with Gasteiger partial charge in [-0.15, -0.1) is 0 Å². The zero-order valence-electron chi connectivity index (χ0n) is 12.4. The molecule has 1 aliphatic heterocycles. The minimum atomic E-state index is -0.151. The summed E-state index contributed by atoms with van der Waals surface area (Å²) >= 11 is 0. The van der Waals surface area contributed by atoms with E-state index >= 15 is 0 Å². The van der Waals surface area contributed by atoms with Crippen molar-refractivity contribution in [3.63, 3.8) is 0 Å². The molecule has 3 rings (SSSR count). The van der Waals surface area contributed by atoms with Crippen LogP contribution in [-0.4, -0.2) is 35.6 Å². The number of hydrogen-bond acceptors (Lipinski definition) is 4. The molecule has 0 N–H and O–H groups in total. The lowest BCUT2D eigenvalue weighted by Gasteiger charge is -2.40. The first-order chi connectivity index (χ1) is 10.1. The van der Waals surface area contributed by atoms with Crippen molar-refractivity contribution in [1.82, 2.24) is 9.88 Å². The van der Waals surface area contributed by atoms with Gasteiger partial charge in [-0.25, -0.2) is 9.37 Å². The molecule has 1 saturated heterocycles. The summed E-state index contributed by atoms with van der Waals surface area (Å²) in [6, 6.07) is 7.29. The number of benzene rings is 1. The maximum absolute atomic E-state index is 13.9. The van der Waals surface area contributed by atoms with Gasteiger partial charge in [0.25, 0.3) is 0 Å². The van der Waals surface area contributed by atoms with Crippen molar-refractivity contribution in [2.45, 2.75) is 26.4 Å². The van der Waals surface area contributed by atoms with Crippen LogP contribution in [0.3, 0.4) is 0 Å². The van der Waals surface area contributed by atoms with E-state index in [1.165, 1.54) is 6.07 Å². The molecule has 5 heteroatoms. The Hall–Kier alpha value is -1.88. The minimum Gasteiger partial charge on any atom is -0.445 e. The van der Waals surface area contributed by atoms with Crippen LogP contribution in [0.25, 0.3) is 0 Å². The number of anilines is 1. The number of hydrogen-bond donors (Lipinski definition) is 0. The summed E-state index contributed by atoms with van der Waals surface area (Å²) in [5.41, 5.74) is 0.691. The van der Waals surface area contributed by atoms with Crippen molar-refractivity contribution in [3.05, 3.63) is 47.9 Å². The third-order valence-corrected chi connectivity index (χ3v) is 3.97. The first-order valence-electron chi connectivity index (χ1n) is 7.28. The third-order valence-electron chi connectivity index (χ3n) is 3.97. The largest absolute Gasteiger partial charge is 0.445 e. The highest BCUT2D eigenvalue weighted by Crippen LogP contribution is 2.23. The van der Waals surface area contributed by atoms with E-state index in [1.54, 1.807) is 12.3 Å². The fourth-order valence-electron chi connectivity index (χ4n) is 2.81. The highest BCUT2D eigenvalue weighted by atomic mass is 19.1. The van der Waals surface area contributed by atoms with Crippen LogP contribution in [-0.2, 0) is 6.54 Å². The van der Waals surface area contributed by atoms with Gasteiger partial charge in [0.2, 0.25) is 5.89 Å². The average Bonchev–Trinajstić information content (AvgIpc) is 2.87. The van der Waals surface area contributed by atoms with Crippen molar-refractivity contribution < 1.29 is 8.81 Å². The zero-order valence-corrected chi connectivity index (χ0v) is 12.4. The molecule has 0 radical (unpaired) electrons. The van der Waals surface area contributed by atoms with Crippen molar-refractivity contribution in [2.24, 2.45) is 0 Å². The number of nitrogens with zero attached hydrogens (tertiary/aromatic N) is 3. The Morgan fingerprint density at radius 2 is 2.14 bits per heavy atom. The van der Waals surface area contributed by atoms with Crippen molar-refractivity contribution in [2.75, 3.05) is 24.5 Å². The van der Waals surface area contributed by atoms with Crippen LogP contribution in [0.2, 0.25) is 0 Å². The van der Waals surface area contributed by atoms with Crippen molar-refractivity contribution in [1.29, 1.82) is 0 Å². The Bertz CT molecular complexity index is 613. The molecular weight excluding hydrogens is 269 g/mol. The summed E-state index contributed by atoms with van der Waals surface area (Å²) in [5, 5.41) is 0. The smallest absolute Gasteiger partial charge is 0.208 e. The molecule has 112 valence electrons. The average molecular weight is 289 g/mol. The molecule has 1 aromatic carbocycles. The zero-order chi connectivity index (χ0) is 14.8. The number of halogens is 1. The molecule has 4 nitrogen and oxygen atoms in total. The highest BCUT2D eigenvalue weighted by Gasteiger charge is 2.26. The molecule has 0 amide bonds. The van der Waals surface area contributed by atoms with E-state index in [2.05, 4.69) is 21.7 Å². The van der Waals surface area contributed by atoms with Gasteiger partial charge in [-0.1, -0.05) is 12.1 Å². The van der Waals surface area contributed by atoms with Crippen LogP contribution in [0.5, 0.6) is 0 Å². The van der Waals surface area contributed by atoms with Gasteiger partial charge in [-0.05, 0) is 26.0 Å². The van der Waals surface area contributed by atoms with E-state index in [9.17, 15) is 4.39 Å². The molecular formula is C16H20FN3O. The van der Waals surface area contributed by atoms with Crippen LogP contribution in [0, 0.1) is 12.7 Å². The standard InChI is InChI=1S/C16H20FN3O/c1-12-10-20(15-6-4-3-5-14(15)17)8-7-19(12)11-16-18-9-13(2)21-16/h3-6,9,12H,7-8,10-11H2,1-2H3/t12-/m1/s1. The number of aryl methyl sites for hydroxylation is 1. The Morgan fingerprint density at radius 1 is 1.33 bits per heavy atom. The van der Waals surface area contributed by atoms with Crippen LogP contribution in [0.15, 0.2) is 34.9 Å². The van der Waals surface area contributed by atoms with Crippen LogP contribution in [0.4, 0.5) is 10.1 Å². The monoisotopic (exact) mass is 289 g/mol. The Labute approximate surface area is 124 Å². The number of piperazine rings is 1. The van der Waals surface area contributed by atoms with Crippen LogP contribution < -0.4 is 4.90 Å². The molecule has 0 bridgehead atoms. The maximum Gasteiger partial charge on any atom is 0.208 e. The Morgan fingerprint density at radius 3 is 2.81 bits per heavy atom. The number of rotatable bonds is 3. The van der Waals surface area contributed by atoms with Gasteiger partial charge in [-0.3, -0.25) is 4.90 Å². The molecule has 2 aromatic rings. The molecule has 1 fully saturated rings. The quantitative estimate of drug-likeness (QED) is 0.870. The second kappa shape index (κ2) is 5.85. The predicted octanol–water partition coefficient (Wildman–Crippen LogP) is 2.83. The summed E-state index contributed by atoms with van der Waals surface area (Å²) in [5.74, 6) is 1.43. The number of para-hydroxylation sites is 1. The van der Waals surface area contributed by atoms with Gasteiger partial charge < -0.3 is 9.32 Å². The van der Waals surface area contributed by atoms with E-state index in [1.807, 2.05) is 19.1 Å². The Kier molecular flexibility index (Phi) is 3.92. The van der Waals surface area contributed by atoms with E-state index < -0.39 is 0 Å². The molecule has 2 heterocycles. The van der Waals surface area contributed by atoms with Crippen LogP contribution >= 0.6 is 0 Å². The summed E-state index contributed by atoms with van der Waals surface area (Å²) in [6.45, 7) is 7.25. The summed E-state index contributed by atoms with van der Waals surface area (Å²) < 4.78 is 19.4. The van der Waals surface area contributed by atoms with Gasteiger partial charge in [0.1, 0.15) is 11.6 Å². The van der Waals surface area contributed by atoms with Gasteiger partial charge in [0.15, 0.2) is 0 Å². The fourth-order valence-corrected chi connectivity index (χ4v) is 2.81. The summed E-state index contributed by atoms with van der Waals surface area (Å²) in [7, 11) is 0. The van der Waals surface area contributed by atoms with E-state index in [-0.39, 0.29) is 5.82 Å². The van der Waals surface area contributed by atoms with Gasteiger partial charge in [0, 0.05) is 25.7 Å². The molecule has 0 aliphatic carbocycles. The lowest BCUT2D eigenvalue weighted by Crippen LogP contribution is -2.51. The predicted molar refractivity (Wildman–Crippen MR) is 79.7 cm³/mol. The lowest BCUT2D eigenvalue weighted by molar-refractivity contribution is 0.164. The van der Waals surface area contributed by atoms with Crippen molar-refractivity contribution in [3.8, 4) is 0 Å². The van der Waals surface area contributed by atoms with Gasteiger partial charge in [0.05, 0.1) is 18.4 Å². The minimum absolute atomic E-state index is 0.151.